The zero-order valence-electron chi connectivity index (χ0n) is 11.0. The highest BCUT2D eigenvalue weighted by Gasteiger charge is 2.37. The van der Waals surface area contributed by atoms with E-state index in [0.29, 0.717) is 11.6 Å². The third-order valence-electron chi connectivity index (χ3n) is 3.89. The van der Waals surface area contributed by atoms with Crippen molar-refractivity contribution in [1.29, 1.82) is 0 Å². The summed E-state index contributed by atoms with van der Waals surface area (Å²) in [5, 5.41) is 3.60. The Bertz CT molecular complexity index is 246. The summed E-state index contributed by atoms with van der Waals surface area (Å²) in [6.45, 7) is 12.1. The van der Waals surface area contributed by atoms with E-state index in [4.69, 9.17) is 11.6 Å². The van der Waals surface area contributed by atoms with Crippen LogP contribution in [0, 0.1) is 0 Å². The van der Waals surface area contributed by atoms with Crippen molar-refractivity contribution < 1.29 is 0 Å². The molecular weight excluding hydrogens is 220 g/mol. The van der Waals surface area contributed by atoms with Crippen LogP contribution in [0.4, 0.5) is 0 Å². The monoisotopic (exact) mass is 244 g/mol. The highest BCUT2D eigenvalue weighted by Crippen LogP contribution is 2.27. The summed E-state index contributed by atoms with van der Waals surface area (Å²) in [6.07, 6.45) is 2.39. The average Bonchev–Trinajstić information content (AvgIpc) is 2.30. The molecule has 0 spiro atoms. The molecule has 0 aliphatic carbocycles. The predicted molar refractivity (Wildman–Crippen MR) is 72.0 cm³/mol. The first-order valence-corrected chi connectivity index (χ1v) is 6.76. The molecule has 1 heterocycles. The third-order valence-corrected chi connectivity index (χ3v) is 4.26. The summed E-state index contributed by atoms with van der Waals surface area (Å²) >= 11 is 5.78. The number of rotatable bonds is 4. The molecule has 1 atom stereocenters. The van der Waals surface area contributed by atoms with E-state index >= 15 is 0 Å². The molecule has 1 saturated heterocycles. The van der Waals surface area contributed by atoms with E-state index < -0.39 is 0 Å². The van der Waals surface area contributed by atoms with Gasteiger partial charge in [0.1, 0.15) is 0 Å². The SMILES string of the molecule is CCC1(CC)CNC(C)CN1CC(C)=CCl. The van der Waals surface area contributed by atoms with Gasteiger partial charge in [0, 0.05) is 36.8 Å². The summed E-state index contributed by atoms with van der Waals surface area (Å²) in [5.74, 6) is 0. The Balaban J connectivity index is 2.80. The Labute approximate surface area is 105 Å². The van der Waals surface area contributed by atoms with Crippen LogP contribution in [-0.4, -0.2) is 36.1 Å². The van der Waals surface area contributed by atoms with Crippen molar-refractivity contribution in [3.63, 3.8) is 0 Å². The van der Waals surface area contributed by atoms with E-state index in [1.807, 2.05) is 0 Å². The molecule has 1 fully saturated rings. The lowest BCUT2D eigenvalue weighted by molar-refractivity contribution is 0.0436. The Morgan fingerprint density at radius 3 is 2.62 bits per heavy atom. The number of hydrogen-bond acceptors (Lipinski definition) is 2. The van der Waals surface area contributed by atoms with Crippen molar-refractivity contribution in [3.05, 3.63) is 11.1 Å². The summed E-state index contributed by atoms with van der Waals surface area (Å²) in [5.41, 5.74) is 3.28. The van der Waals surface area contributed by atoms with Crippen molar-refractivity contribution in [2.45, 2.75) is 52.1 Å². The molecule has 1 N–H and O–H groups in total. The van der Waals surface area contributed by atoms with Crippen molar-refractivity contribution in [2.75, 3.05) is 19.6 Å². The minimum Gasteiger partial charge on any atom is -0.311 e. The standard InChI is InChI=1S/C13H25ClN2/c1-5-13(6-2)10-15-12(4)9-16(13)8-11(3)7-14/h7,12,15H,5-6,8-10H2,1-4H3. The molecule has 0 bridgehead atoms. The van der Waals surface area contributed by atoms with E-state index in [-0.39, 0.29) is 0 Å². The van der Waals surface area contributed by atoms with Gasteiger partial charge in [-0.15, -0.1) is 0 Å². The molecule has 0 aromatic heterocycles. The van der Waals surface area contributed by atoms with Gasteiger partial charge in [-0.25, -0.2) is 0 Å². The molecule has 3 heteroatoms. The van der Waals surface area contributed by atoms with Gasteiger partial charge < -0.3 is 5.32 Å². The maximum atomic E-state index is 5.78. The van der Waals surface area contributed by atoms with Crippen molar-refractivity contribution >= 4 is 11.6 Å². The first-order chi connectivity index (χ1) is 7.57. The summed E-state index contributed by atoms with van der Waals surface area (Å²) in [7, 11) is 0. The minimum absolute atomic E-state index is 0.313. The largest absolute Gasteiger partial charge is 0.311 e. The Morgan fingerprint density at radius 2 is 2.12 bits per heavy atom. The van der Waals surface area contributed by atoms with Crippen LogP contribution < -0.4 is 5.32 Å². The van der Waals surface area contributed by atoms with Gasteiger partial charge in [0.05, 0.1) is 0 Å². The molecule has 2 nitrogen and oxygen atoms in total. The molecule has 94 valence electrons. The first-order valence-electron chi connectivity index (χ1n) is 6.32. The minimum atomic E-state index is 0.313. The number of nitrogens with zero attached hydrogens (tertiary/aromatic N) is 1. The second kappa shape index (κ2) is 6.04. The van der Waals surface area contributed by atoms with E-state index in [1.165, 1.54) is 18.4 Å². The summed E-state index contributed by atoms with van der Waals surface area (Å²) in [6, 6.07) is 0.578. The molecule has 1 unspecified atom stereocenters. The lowest BCUT2D eigenvalue weighted by atomic mass is 9.87. The molecule has 0 aromatic rings. The second-order valence-electron chi connectivity index (χ2n) is 5.05. The van der Waals surface area contributed by atoms with Gasteiger partial charge in [0.25, 0.3) is 0 Å². The Kier molecular flexibility index (Phi) is 5.29. The second-order valence-corrected chi connectivity index (χ2v) is 5.27. The van der Waals surface area contributed by atoms with Crippen molar-refractivity contribution in [3.8, 4) is 0 Å². The molecule has 0 radical (unpaired) electrons. The van der Waals surface area contributed by atoms with Gasteiger partial charge in [-0.05, 0) is 32.3 Å². The molecule has 16 heavy (non-hydrogen) atoms. The predicted octanol–water partition coefficient (Wildman–Crippen LogP) is 2.98. The van der Waals surface area contributed by atoms with Crippen LogP contribution in [0.2, 0.25) is 0 Å². The van der Waals surface area contributed by atoms with Gasteiger partial charge >= 0.3 is 0 Å². The number of halogens is 1. The molecule has 0 aromatic carbocycles. The number of hydrogen-bond donors (Lipinski definition) is 1. The van der Waals surface area contributed by atoms with Crippen LogP contribution in [0.25, 0.3) is 0 Å². The highest BCUT2D eigenvalue weighted by molar-refractivity contribution is 6.25. The van der Waals surface area contributed by atoms with Gasteiger partial charge in [-0.3, -0.25) is 4.90 Å². The van der Waals surface area contributed by atoms with Crippen LogP contribution in [0.3, 0.4) is 0 Å². The fourth-order valence-electron chi connectivity index (χ4n) is 2.58. The van der Waals surface area contributed by atoms with Gasteiger partial charge in [-0.2, -0.15) is 0 Å². The molecule has 1 aliphatic heterocycles. The fourth-order valence-corrected chi connectivity index (χ4v) is 2.65. The normalized spacial score (nSPS) is 27.1. The summed E-state index contributed by atoms with van der Waals surface area (Å²) < 4.78 is 0. The van der Waals surface area contributed by atoms with E-state index in [9.17, 15) is 0 Å². The Morgan fingerprint density at radius 1 is 1.50 bits per heavy atom. The summed E-state index contributed by atoms with van der Waals surface area (Å²) in [4.78, 5) is 2.60. The lowest BCUT2D eigenvalue weighted by Gasteiger charge is -2.49. The van der Waals surface area contributed by atoms with E-state index in [2.05, 4.69) is 37.9 Å². The van der Waals surface area contributed by atoms with Crippen molar-refractivity contribution in [2.24, 2.45) is 0 Å². The molecule has 0 amide bonds. The smallest absolute Gasteiger partial charge is 0.0332 e. The molecule has 1 rings (SSSR count). The number of piperazine rings is 1. The highest BCUT2D eigenvalue weighted by atomic mass is 35.5. The van der Waals surface area contributed by atoms with Crippen LogP contribution in [-0.2, 0) is 0 Å². The lowest BCUT2D eigenvalue weighted by Crippen LogP contribution is -2.63. The fraction of sp³-hybridized carbons (Fsp3) is 0.846. The maximum absolute atomic E-state index is 5.78. The van der Waals surface area contributed by atoms with Crippen LogP contribution in [0.15, 0.2) is 11.1 Å². The quantitative estimate of drug-likeness (QED) is 0.818. The third kappa shape index (κ3) is 2.99. The van der Waals surface area contributed by atoms with Gasteiger partial charge in [-0.1, -0.05) is 25.4 Å². The zero-order valence-corrected chi connectivity index (χ0v) is 11.8. The number of nitrogens with one attached hydrogen (secondary N) is 1. The Hall–Kier alpha value is -0.0500. The molecular formula is C13H25ClN2. The van der Waals surface area contributed by atoms with Crippen LogP contribution in [0.5, 0.6) is 0 Å². The van der Waals surface area contributed by atoms with Gasteiger partial charge in [0.15, 0.2) is 0 Å². The van der Waals surface area contributed by atoms with Gasteiger partial charge in [0.2, 0.25) is 0 Å². The first kappa shape index (κ1) is 14.0. The van der Waals surface area contributed by atoms with E-state index in [1.54, 1.807) is 5.54 Å². The zero-order chi connectivity index (χ0) is 12.2. The molecule has 0 saturated carbocycles. The maximum Gasteiger partial charge on any atom is 0.0332 e. The molecule has 1 aliphatic rings. The van der Waals surface area contributed by atoms with Crippen LogP contribution in [0.1, 0.15) is 40.5 Å². The van der Waals surface area contributed by atoms with Crippen molar-refractivity contribution in [1.82, 2.24) is 10.2 Å². The average molecular weight is 245 g/mol. The van der Waals surface area contributed by atoms with E-state index in [0.717, 1.165) is 19.6 Å². The topological polar surface area (TPSA) is 15.3 Å². The van der Waals surface area contributed by atoms with Crippen LogP contribution >= 0.6 is 11.6 Å².